The van der Waals surface area contributed by atoms with Crippen LogP contribution in [0.25, 0.3) is 0 Å². The van der Waals surface area contributed by atoms with Crippen LogP contribution in [0.1, 0.15) is 18.9 Å². The topological polar surface area (TPSA) is 77.2 Å². The van der Waals surface area contributed by atoms with Gasteiger partial charge in [-0.1, -0.05) is 23.9 Å². The molecular weight excluding hydrogens is 297 g/mol. The molecule has 6 nitrogen and oxygen atoms in total. The molecule has 21 heavy (non-hydrogen) atoms. The number of benzene rings is 1. The van der Waals surface area contributed by atoms with E-state index < -0.39 is 11.9 Å². The third-order valence-corrected chi connectivity index (χ3v) is 3.33. The highest BCUT2D eigenvalue weighted by Gasteiger charge is 2.17. The van der Waals surface area contributed by atoms with E-state index >= 15 is 0 Å². The maximum Gasteiger partial charge on any atom is 0.277 e. The van der Waals surface area contributed by atoms with E-state index in [0.717, 1.165) is 11.8 Å². The van der Waals surface area contributed by atoms with Crippen molar-refractivity contribution in [3.63, 3.8) is 0 Å². The number of amides is 1. The Morgan fingerprint density at radius 2 is 2.24 bits per heavy atom. The zero-order chi connectivity index (χ0) is 15.2. The van der Waals surface area contributed by atoms with Gasteiger partial charge < -0.3 is 14.5 Å². The highest BCUT2D eigenvalue weighted by molar-refractivity contribution is 7.99. The second-order valence-corrected chi connectivity index (χ2v) is 4.99. The molecule has 0 aliphatic rings. The monoisotopic (exact) mass is 311 g/mol. The van der Waals surface area contributed by atoms with Crippen molar-refractivity contribution in [1.82, 2.24) is 15.5 Å². The predicted octanol–water partition coefficient (Wildman–Crippen LogP) is 2.19. The predicted molar refractivity (Wildman–Crippen MR) is 74.5 cm³/mol. The summed E-state index contributed by atoms with van der Waals surface area (Å²) < 4.78 is 24.3. The second-order valence-electron chi connectivity index (χ2n) is 4.06. The van der Waals surface area contributed by atoms with Crippen LogP contribution in [0, 0.1) is 5.82 Å². The SMILES string of the molecule is CNC(=O)CSc1nnc([C@H](C)Oc2ccccc2F)o1. The molecule has 0 aliphatic carbocycles. The van der Waals surface area contributed by atoms with Crippen LogP contribution in [0.4, 0.5) is 4.39 Å². The Morgan fingerprint density at radius 3 is 2.95 bits per heavy atom. The number of nitrogens with zero attached hydrogens (tertiary/aromatic N) is 2. The molecule has 8 heteroatoms. The Labute approximate surface area is 125 Å². The van der Waals surface area contributed by atoms with E-state index in [9.17, 15) is 9.18 Å². The van der Waals surface area contributed by atoms with Gasteiger partial charge in [-0.3, -0.25) is 4.79 Å². The van der Waals surface area contributed by atoms with Gasteiger partial charge in [-0.2, -0.15) is 0 Å². The molecule has 1 N–H and O–H groups in total. The number of carbonyl (C=O) groups excluding carboxylic acids is 1. The second kappa shape index (κ2) is 7.07. The zero-order valence-electron chi connectivity index (χ0n) is 11.5. The maximum atomic E-state index is 13.5. The third-order valence-electron chi connectivity index (χ3n) is 2.52. The van der Waals surface area contributed by atoms with E-state index in [-0.39, 0.29) is 28.5 Å². The molecule has 1 atom stereocenters. The summed E-state index contributed by atoms with van der Waals surface area (Å²) in [6.45, 7) is 1.67. The van der Waals surface area contributed by atoms with E-state index in [0.29, 0.717) is 0 Å². The summed E-state index contributed by atoms with van der Waals surface area (Å²) in [5.41, 5.74) is 0. The largest absolute Gasteiger partial charge is 0.478 e. The van der Waals surface area contributed by atoms with E-state index in [2.05, 4.69) is 15.5 Å². The summed E-state index contributed by atoms with van der Waals surface area (Å²) in [7, 11) is 1.55. The van der Waals surface area contributed by atoms with E-state index in [4.69, 9.17) is 9.15 Å². The summed E-state index contributed by atoms with van der Waals surface area (Å²) >= 11 is 1.12. The van der Waals surface area contributed by atoms with Crippen molar-refractivity contribution in [2.75, 3.05) is 12.8 Å². The Bertz CT molecular complexity index is 620. The molecule has 2 aromatic rings. The molecule has 0 saturated heterocycles. The van der Waals surface area contributed by atoms with Gasteiger partial charge in [0.15, 0.2) is 17.7 Å². The van der Waals surface area contributed by atoms with Crippen molar-refractivity contribution in [1.29, 1.82) is 0 Å². The lowest BCUT2D eigenvalue weighted by molar-refractivity contribution is -0.118. The van der Waals surface area contributed by atoms with Crippen molar-refractivity contribution in [2.45, 2.75) is 18.3 Å². The Morgan fingerprint density at radius 1 is 1.48 bits per heavy atom. The molecule has 0 aliphatic heterocycles. The molecule has 1 heterocycles. The number of hydrogen-bond acceptors (Lipinski definition) is 6. The first-order chi connectivity index (χ1) is 10.1. The van der Waals surface area contributed by atoms with Gasteiger partial charge in [0, 0.05) is 7.05 Å². The number of para-hydroxylation sites is 1. The van der Waals surface area contributed by atoms with E-state index in [1.54, 1.807) is 26.1 Å². The molecule has 0 radical (unpaired) electrons. The Balaban J connectivity index is 1.97. The quantitative estimate of drug-likeness (QED) is 0.824. The molecule has 1 aromatic carbocycles. The lowest BCUT2D eigenvalue weighted by Gasteiger charge is -2.11. The summed E-state index contributed by atoms with van der Waals surface area (Å²) in [5, 5.41) is 10.4. The van der Waals surface area contributed by atoms with Crippen LogP contribution in [-0.2, 0) is 4.79 Å². The molecule has 0 spiro atoms. The molecule has 1 aromatic heterocycles. The van der Waals surface area contributed by atoms with Gasteiger partial charge >= 0.3 is 0 Å². The van der Waals surface area contributed by atoms with Crippen LogP contribution >= 0.6 is 11.8 Å². The normalized spacial score (nSPS) is 12.0. The van der Waals surface area contributed by atoms with Gasteiger partial charge in [0.05, 0.1) is 5.75 Å². The number of aromatic nitrogens is 2. The first-order valence-corrected chi connectivity index (χ1v) is 7.16. The average Bonchev–Trinajstić information content (AvgIpc) is 2.96. The molecule has 0 unspecified atom stereocenters. The number of thioether (sulfide) groups is 1. The smallest absolute Gasteiger partial charge is 0.277 e. The summed E-state index contributed by atoms with van der Waals surface area (Å²) in [6, 6.07) is 6.07. The van der Waals surface area contributed by atoms with Crippen LogP contribution in [0.2, 0.25) is 0 Å². The van der Waals surface area contributed by atoms with Crippen molar-refractivity contribution in [2.24, 2.45) is 0 Å². The summed E-state index contributed by atoms with van der Waals surface area (Å²) in [6.07, 6.45) is -0.594. The van der Waals surface area contributed by atoms with Crippen molar-refractivity contribution < 1.29 is 18.3 Å². The summed E-state index contributed by atoms with van der Waals surface area (Å²) in [5.74, 6) is -0.0883. The van der Waals surface area contributed by atoms with Gasteiger partial charge in [-0.15, -0.1) is 10.2 Å². The highest BCUT2D eigenvalue weighted by Crippen LogP contribution is 2.25. The number of nitrogens with one attached hydrogen (secondary N) is 1. The number of rotatable bonds is 6. The maximum absolute atomic E-state index is 13.5. The fourth-order valence-corrected chi connectivity index (χ4v) is 2.07. The van der Waals surface area contributed by atoms with Crippen LogP contribution < -0.4 is 10.1 Å². The van der Waals surface area contributed by atoms with Crippen LogP contribution in [0.5, 0.6) is 5.75 Å². The molecular formula is C13H14FN3O3S. The van der Waals surface area contributed by atoms with Crippen molar-refractivity contribution in [3.8, 4) is 5.75 Å². The number of halogens is 1. The Hall–Kier alpha value is -2.09. The van der Waals surface area contributed by atoms with E-state index in [1.165, 1.54) is 12.1 Å². The first kappa shape index (κ1) is 15.3. The number of carbonyl (C=O) groups is 1. The van der Waals surface area contributed by atoms with Crippen LogP contribution in [0.3, 0.4) is 0 Å². The molecule has 0 fully saturated rings. The fourth-order valence-electron chi connectivity index (χ4n) is 1.42. The third kappa shape index (κ3) is 4.19. The van der Waals surface area contributed by atoms with Gasteiger partial charge in [0.25, 0.3) is 11.1 Å². The van der Waals surface area contributed by atoms with Crippen molar-refractivity contribution >= 4 is 17.7 Å². The highest BCUT2D eigenvalue weighted by atomic mass is 32.2. The van der Waals surface area contributed by atoms with Crippen LogP contribution in [0.15, 0.2) is 33.9 Å². The fraction of sp³-hybridized carbons (Fsp3) is 0.308. The van der Waals surface area contributed by atoms with Gasteiger partial charge in [0.1, 0.15) is 0 Å². The molecule has 112 valence electrons. The lowest BCUT2D eigenvalue weighted by atomic mass is 10.3. The van der Waals surface area contributed by atoms with Gasteiger partial charge in [-0.25, -0.2) is 4.39 Å². The number of hydrogen-bond donors (Lipinski definition) is 1. The standard InChI is InChI=1S/C13H14FN3O3S/c1-8(19-10-6-4-3-5-9(10)14)12-16-17-13(20-12)21-7-11(18)15-2/h3-6,8H,7H2,1-2H3,(H,15,18)/t8-/m0/s1. The summed E-state index contributed by atoms with van der Waals surface area (Å²) in [4.78, 5) is 11.1. The van der Waals surface area contributed by atoms with Crippen LogP contribution in [-0.4, -0.2) is 28.9 Å². The Kier molecular flexibility index (Phi) is 5.15. The minimum absolute atomic E-state index is 0.114. The zero-order valence-corrected chi connectivity index (χ0v) is 12.3. The van der Waals surface area contributed by atoms with Gasteiger partial charge in [-0.05, 0) is 19.1 Å². The first-order valence-electron chi connectivity index (χ1n) is 6.18. The molecule has 2 rings (SSSR count). The molecule has 0 bridgehead atoms. The van der Waals surface area contributed by atoms with Crippen molar-refractivity contribution in [3.05, 3.63) is 36.0 Å². The van der Waals surface area contributed by atoms with E-state index in [1.807, 2.05) is 0 Å². The lowest BCUT2D eigenvalue weighted by Crippen LogP contribution is -2.19. The molecule has 0 saturated carbocycles. The number of ether oxygens (including phenoxy) is 1. The average molecular weight is 311 g/mol. The molecule has 1 amide bonds. The minimum atomic E-state index is -0.594. The minimum Gasteiger partial charge on any atom is -0.478 e. The van der Waals surface area contributed by atoms with Gasteiger partial charge in [0.2, 0.25) is 5.91 Å².